The summed E-state index contributed by atoms with van der Waals surface area (Å²) < 4.78 is 0.992. The molecule has 17 heavy (non-hydrogen) atoms. The number of anilines is 1. The molecule has 2 rings (SSSR count). The molecule has 0 saturated carbocycles. The van der Waals surface area contributed by atoms with Crippen molar-refractivity contribution in [1.29, 1.82) is 0 Å². The van der Waals surface area contributed by atoms with E-state index in [1.165, 1.54) is 11.3 Å². The smallest absolute Gasteiger partial charge is 0.263 e. The van der Waals surface area contributed by atoms with Crippen molar-refractivity contribution >= 4 is 33.0 Å². The monoisotopic (exact) mass is 250 g/mol. The number of nitrogens with one attached hydrogen (secondary N) is 1. The highest BCUT2D eigenvalue weighted by atomic mass is 32.1. The average Bonchev–Trinajstić information content (AvgIpc) is 2.67. The number of carbonyl (C=O) groups excluding carboxylic acids is 1. The second-order valence-corrected chi connectivity index (χ2v) is 4.95. The van der Waals surface area contributed by atoms with Gasteiger partial charge in [0.15, 0.2) is 0 Å². The number of hydrogen-bond acceptors (Lipinski definition) is 4. The van der Waals surface area contributed by atoms with Gasteiger partial charge in [0, 0.05) is 16.1 Å². The summed E-state index contributed by atoms with van der Waals surface area (Å²) in [6, 6.07) is 7.36. The number of fused-ring (bicyclic) bond motifs is 1. The van der Waals surface area contributed by atoms with Crippen LogP contribution in [0.2, 0.25) is 0 Å². The first-order valence-corrected chi connectivity index (χ1v) is 6.14. The number of carbonyl (C=O) groups is 1. The number of nitrogens with two attached hydrogens (primary N) is 1. The van der Waals surface area contributed by atoms with Crippen LogP contribution in [0.5, 0.6) is 0 Å². The summed E-state index contributed by atoms with van der Waals surface area (Å²) in [6.07, 6.45) is 0. The Bertz CT molecular complexity index is 550. The molecule has 1 aromatic carbocycles. The molecule has 4 N–H and O–H groups in total. The van der Waals surface area contributed by atoms with Gasteiger partial charge in [-0.25, -0.2) is 0 Å². The highest BCUT2D eigenvalue weighted by Crippen LogP contribution is 2.33. The first-order valence-electron chi connectivity index (χ1n) is 5.32. The molecule has 0 aliphatic rings. The van der Waals surface area contributed by atoms with E-state index >= 15 is 0 Å². The molecule has 0 aliphatic carbocycles. The summed E-state index contributed by atoms with van der Waals surface area (Å²) in [5, 5.41) is 12.5. The predicted molar refractivity (Wildman–Crippen MR) is 70.3 cm³/mol. The maximum Gasteiger partial charge on any atom is 0.263 e. The van der Waals surface area contributed by atoms with Crippen molar-refractivity contribution < 1.29 is 9.90 Å². The molecule has 0 fully saturated rings. The van der Waals surface area contributed by atoms with Crippen LogP contribution in [0.3, 0.4) is 0 Å². The molecule has 0 radical (unpaired) electrons. The number of amides is 1. The molecular weight excluding hydrogens is 236 g/mol. The highest BCUT2D eigenvalue weighted by Gasteiger charge is 2.17. The second kappa shape index (κ2) is 4.73. The minimum Gasteiger partial charge on any atom is -0.397 e. The molecule has 0 bridgehead atoms. The molecular formula is C12H14N2O2S. The fourth-order valence-corrected chi connectivity index (χ4v) is 2.60. The maximum absolute atomic E-state index is 11.9. The Balaban J connectivity index is 2.35. The van der Waals surface area contributed by atoms with Gasteiger partial charge in [0.2, 0.25) is 0 Å². The summed E-state index contributed by atoms with van der Waals surface area (Å²) in [7, 11) is 0. The molecule has 0 saturated heterocycles. The van der Waals surface area contributed by atoms with Gasteiger partial charge in [-0.1, -0.05) is 18.2 Å². The average molecular weight is 250 g/mol. The van der Waals surface area contributed by atoms with Crippen molar-refractivity contribution in [2.45, 2.75) is 13.0 Å². The predicted octanol–water partition coefficient (Wildman–Crippen LogP) is 1.59. The van der Waals surface area contributed by atoms with Gasteiger partial charge in [0.25, 0.3) is 5.91 Å². The standard InChI is InChI=1S/C12H14N2O2S/c1-7(6-15)14-12(16)11-10(13)8-4-2-3-5-9(8)17-11/h2-5,7,15H,6,13H2,1H3,(H,14,16). The van der Waals surface area contributed by atoms with Crippen LogP contribution < -0.4 is 11.1 Å². The van der Waals surface area contributed by atoms with Crippen molar-refractivity contribution in [3.05, 3.63) is 29.1 Å². The van der Waals surface area contributed by atoms with Crippen LogP contribution in [-0.2, 0) is 0 Å². The number of hydrogen-bond donors (Lipinski definition) is 3. The van der Waals surface area contributed by atoms with Crippen LogP contribution in [0.15, 0.2) is 24.3 Å². The molecule has 5 heteroatoms. The third-order valence-corrected chi connectivity index (χ3v) is 3.68. The van der Waals surface area contributed by atoms with Gasteiger partial charge in [0.1, 0.15) is 4.88 Å². The Morgan fingerprint density at radius 3 is 2.88 bits per heavy atom. The number of aliphatic hydroxyl groups is 1. The molecule has 4 nitrogen and oxygen atoms in total. The first-order chi connectivity index (χ1) is 8.13. The van der Waals surface area contributed by atoms with E-state index < -0.39 is 0 Å². The Morgan fingerprint density at radius 2 is 2.24 bits per heavy atom. The van der Waals surface area contributed by atoms with Gasteiger partial charge in [-0.3, -0.25) is 4.79 Å². The van der Waals surface area contributed by atoms with Crippen LogP contribution in [-0.4, -0.2) is 23.7 Å². The molecule has 90 valence electrons. The Kier molecular flexibility index (Phi) is 3.31. The van der Waals surface area contributed by atoms with Gasteiger partial charge in [-0.05, 0) is 13.0 Å². The molecule has 0 spiro atoms. The van der Waals surface area contributed by atoms with Crippen molar-refractivity contribution in [1.82, 2.24) is 5.32 Å². The van der Waals surface area contributed by atoms with Crippen molar-refractivity contribution in [3.8, 4) is 0 Å². The number of nitrogen functional groups attached to an aromatic ring is 1. The first kappa shape index (κ1) is 11.9. The number of benzene rings is 1. The SMILES string of the molecule is CC(CO)NC(=O)c1sc2ccccc2c1N. The molecule has 0 aliphatic heterocycles. The van der Waals surface area contributed by atoms with Crippen LogP contribution in [0.4, 0.5) is 5.69 Å². The highest BCUT2D eigenvalue weighted by molar-refractivity contribution is 7.21. The van der Waals surface area contributed by atoms with E-state index in [2.05, 4.69) is 5.32 Å². The topological polar surface area (TPSA) is 75.3 Å². The Morgan fingerprint density at radius 1 is 1.53 bits per heavy atom. The van der Waals surface area contributed by atoms with Gasteiger partial charge in [-0.15, -0.1) is 11.3 Å². The summed E-state index contributed by atoms with van der Waals surface area (Å²) >= 11 is 1.37. The van der Waals surface area contributed by atoms with E-state index in [0.29, 0.717) is 10.6 Å². The van der Waals surface area contributed by atoms with Crippen LogP contribution in [0.1, 0.15) is 16.6 Å². The lowest BCUT2D eigenvalue weighted by atomic mass is 10.2. The van der Waals surface area contributed by atoms with Crippen molar-refractivity contribution in [2.75, 3.05) is 12.3 Å². The van der Waals surface area contributed by atoms with Crippen molar-refractivity contribution in [3.63, 3.8) is 0 Å². The fourth-order valence-electron chi connectivity index (χ4n) is 1.57. The molecule has 2 aromatic rings. The molecule has 1 amide bonds. The molecule has 1 atom stereocenters. The van der Waals surface area contributed by atoms with Gasteiger partial charge in [0.05, 0.1) is 12.3 Å². The zero-order chi connectivity index (χ0) is 12.4. The van der Waals surface area contributed by atoms with E-state index in [9.17, 15) is 4.79 Å². The van der Waals surface area contributed by atoms with Gasteiger partial charge < -0.3 is 16.2 Å². The molecule has 1 heterocycles. The fraction of sp³-hybridized carbons (Fsp3) is 0.250. The zero-order valence-corrected chi connectivity index (χ0v) is 10.3. The van der Waals surface area contributed by atoms with Crippen LogP contribution >= 0.6 is 11.3 Å². The number of rotatable bonds is 3. The zero-order valence-electron chi connectivity index (χ0n) is 9.43. The Labute approximate surface area is 103 Å². The van der Waals surface area contributed by atoms with Gasteiger partial charge in [-0.2, -0.15) is 0 Å². The van der Waals surface area contributed by atoms with Crippen molar-refractivity contribution in [2.24, 2.45) is 0 Å². The maximum atomic E-state index is 11.9. The summed E-state index contributed by atoms with van der Waals surface area (Å²) in [5.74, 6) is -0.231. The largest absolute Gasteiger partial charge is 0.397 e. The van der Waals surface area contributed by atoms with Gasteiger partial charge >= 0.3 is 0 Å². The van der Waals surface area contributed by atoms with E-state index in [4.69, 9.17) is 10.8 Å². The summed E-state index contributed by atoms with van der Waals surface area (Å²) in [5.41, 5.74) is 6.45. The lowest BCUT2D eigenvalue weighted by molar-refractivity contribution is 0.0927. The van der Waals surface area contributed by atoms with E-state index in [1.54, 1.807) is 6.92 Å². The van der Waals surface area contributed by atoms with E-state index in [-0.39, 0.29) is 18.6 Å². The number of thiophene rings is 1. The summed E-state index contributed by atoms with van der Waals surface area (Å²) in [6.45, 7) is 1.65. The number of aliphatic hydroxyl groups excluding tert-OH is 1. The Hall–Kier alpha value is -1.59. The summed E-state index contributed by atoms with van der Waals surface area (Å²) in [4.78, 5) is 12.4. The minimum atomic E-state index is -0.271. The van der Waals surface area contributed by atoms with Crippen LogP contribution in [0.25, 0.3) is 10.1 Å². The quantitative estimate of drug-likeness (QED) is 0.774. The van der Waals surface area contributed by atoms with Crippen LogP contribution in [0, 0.1) is 0 Å². The normalized spacial score (nSPS) is 12.6. The third kappa shape index (κ3) is 2.25. The lowest BCUT2D eigenvalue weighted by Crippen LogP contribution is -2.34. The lowest BCUT2D eigenvalue weighted by Gasteiger charge is -2.09. The second-order valence-electron chi connectivity index (χ2n) is 3.90. The van der Waals surface area contributed by atoms with E-state index in [0.717, 1.165) is 10.1 Å². The van der Waals surface area contributed by atoms with E-state index in [1.807, 2.05) is 24.3 Å². The molecule has 1 unspecified atom stereocenters. The molecule has 1 aromatic heterocycles. The minimum absolute atomic E-state index is 0.0868. The third-order valence-electron chi connectivity index (χ3n) is 2.49.